The second-order valence-electron chi connectivity index (χ2n) is 7.61. The van der Waals surface area contributed by atoms with Crippen LogP contribution in [0.15, 0.2) is 71.6 Å². The van der Waals surface area contributed by atoms with Crippen LogP contribution in [0.5, 0.6) is 5.75 Å². The molecular weight excluding hydrogens is 424 g/mol. The van der Waals surface area contributed by atoms with E-state index in [9.17, 15) is 13.2 Å². The lowest BCUT2D eigenvalue weighted by Gasteiger charge is -2.19. The topological polar surface area (TPSA) is 84.5 Å². The maximum absolute atomic E-state index is 12.9. The molecule has 0 aliphatic carbocycles. The Kier molecular flexibility index (Phi) is 7.20. The fraction of sp³-hybridized carbons (Fsp3) is 0.240. The summed E-state index contributed by atoms with van der Waals surface area (Å²) >= 11 is 0. The van der Waals surface area contributed by atoms with Crippen molar-refractivity contribution in [2.75, 3.05) is 11.8 Å². The Morgan fingerprint density at radius 3 is 2.28 bits per heavy atom. The lowest BCUT2D eigenvalue weighted by molar-refractivity contribution is 0.0935. The molecule has 32 heavy (non-hydrogen) atoms. The minimum atomic E-state index is -3.70. The highest BCUT2D eigenvalue weighted by Crippen LogP contribution is 2.25. The number of carbonyl (C=O) groups excluding carboxylic acids is 1. The lowest BCUT2D eigenvalue weighted by Crippen LogP contribution is -2.28. The molecule has 6 nitrogen and oxygen atoms in total. The molecule has 0 aliphatic rings. The fourth-order valence-electron chi connectivity index (χ4n) is 3.50. The van der Waals surface area contributed by atoms with E-state index in [0.29, 0.717) is 16.8 Å². The van der Waals surface area contributed by atoms with E-state index in [2.05, 4.69) is 10.0 Å². The van der Waals surface area contributed by atoms with Crippen molar-refractivity contribution in [1.82, 2.24) is 5.32 Å². The van der Waals surface area contributed by atoms with Crippen LogP contribution in [0.4, 0.5) is 5.69 Å². The Morgan fingerprint density at radius 2 is 1.69 bits per heavy atom. The van der Waals surface area contributed by atoms with Crippen molar-refractivity contribution < 1.29 is 17.9 Å². The maximum Gasteiger partial charge on any atom is 0.261 e. The molecule has 0 spiro atoms. The summed E-state index contributed by atoms with van der Waals surface area (Å²) in [6.07, 6.45) is 0.728. The van der Waals surface area contributed by atoms with E-state index in [1.165, 1.54) is 12.1 Å². The number of methoxy groups -OCH3 is 1. The summed E-state index contributed by atoms with van der Waals surface area (Å²) in [5.74, 6) is 0.588. The van der Waals surface area contributed by atoms with Crippen molar-refractivity contribution in [2.45, 2.75) is 38.1 Å². The third-order valence-electron chi connectivity index (χ3n) is 5.32. The minimum absolute atomic E-state index is 0.149. The van der Waals surface area contributed by atoms with Gasteiger partial charge in [0.25, 0.3) is 15.9 Å². The van der Waals surface area contributed by atoms with E-state index in [-0.39, 0.29) is 16.8 Å². The number of anilines is 1. The largest absolute Gasteiger partial charge is 0.496 e. The normalized spacial score (nSPS) is 12.1. The molecule has 0 saturated heterocycles. The van der Waals surface area contributed by atoms with Crippen molar-refractivity contribution in [1.29, 1.82) is 0 Å². The smallest absolute Gasteiger partial charge is 0.261 e. The zero-order valence-corrected chi connectivity index (χ0v) is 19.5. The zero-order chi connectivity index (χ0) is 23.3. The first-order valence-electron chi connectivity index (χ1n) is 10.4. The number of ether oxygens (including phenoxy) is 1. The maximum atomic E-state index is 12.9. The quantitative estimate of drug-likeness (QED) is 0.504. The van der Waals surface area contributed by atoms with Gasteiger partial charge in [0.1, 0.15) is 5.75 Å². The van der Waals surface area contributed by atoms with Gasteiger partial charge in [-0.1, -0.05) is 37.3 Å². The van der Waals surface area contributed by atoms with Crippen molar-refractivity contribution in [3.63, 3.8) is 0 Å². The third kappa shape index (κ3) is 5.29. The molecule has 0 fully saturated rings. The van der Waals surface area contributed by atoms with E-state index in [4.69, 9.17) is 4.74 Å². The molecule has 0 radical (unpaired) electrons. The van der Waals surface area contributed by atoms with E-state index in [1.807, 2.05) is 32.0 Å². The molecule has 0 aliphatic heterocycles. The number of hydrogen-bond acceptors (Lipinski definition) is 4. The summed E-state index contributed by atoms with van der Waals surface area (Å²) in [5, 5.41) is 3.07. The highest BCUT2D eigenvalue weighted by molar-refractivity contribution is 7.92. The summed E-state index contributed by atoms with van der Waals surface area (Å²) in [5.41, 5.74) is 3.56. The van der Waals surface area contributed by atoms with Gasteiger partial charge < -0.3 is 10.1 Å². The average molecular weight is 453 g/mol. The van der Waals surface area contributed by atoms with Crippen LogP contribution in [-0.2, 0) is 10.0 Å². The number of amides is 1. The molecule has 168 valence electrons. The summed E-state index contributed by atoms with van der Waals surface area (Å²) in [4.78, 5) is 13.1. The standard InChI is InChI=1S/C25H28N2O4S/c1-5-22(19-12-14-24(31-4)18(3)16-19)26-25(28)20-11-13-23(17(2)15-20)27-32(29,30)21-9-7-6-8-10-21/h6-16,22,27H,5H2,1-4H3,(H,26,28). The number of rotatable bonds is 8. The molecular formula is C25H28N2O4S. The molecule has 7 heteroatoms. The Balaban J connectivity index is 1.76. The molecule has 1 amide bonds. The van der Waals surface area contributed by atoms with Gasteiger partial charge in [-0.2, -0.15) is 0 Å². The van der Waals surface area contributed by atoms with Gasteiger partial charge in [0.15, 0.2) is 0 Å². The number of sulfonamides is 1. The first-order valence-corrected chi connectivity index (χ1v) is 11.9. The van der Waals surface area contributed by atoms with Crippen molar-refractivity contribution >= 4 is 21.6 Å². The Morgan fingerprint density at radius 1 is 0.969 bits per heavy atom. The van der Waals surface area contributed by atoms with E-state index in [0.717, 1.165) is 23.3 Å². The summed E-state index contributed by atoms with van der Waals surface area (Å²) in [6.45, 7) is 5.75. The highest BCUT2D eigenvalue weighted by Gasteiger charge is 2.18. The second kappa shape index (κ2) is 9.87. The van der Waals surface area contributed by atoms with Gasteiger partial charge in [-0.15, -0.1) is 0 Å². The van der Waals surface area contributed by atoms with E-state index < -0.39 is 10.0 Å². The van der Waals surface area contributed by atoms with Gasteiger partial charge in [-0.25, -0.2) is 8.42 Å². The molecule has 0 saturated carbocycles. The molecule has 0 aromatic heterocycles. The van der Waals surface area contributed by atoms with E-state index in [1.54, 1.807) is 50.4 Å². The summed E-state index contributed by atoms with van der Waals surface area (Å²) in [6, 6.07) is 18.8. The second-order valence-corrected chi connectivity index (χ2v) is 9.29. The molecule has 1 unspecified atom stereocenters. The van der Waals surface area contributed by atoms with Crippen LogP contribution >= 0.6 is 0 Å². The number of hydrogen-bond donors (Lipinski definition) is 2. The van der Waals surface area contributed by atoms with Gasteiger partial charge in [0.2, 0.25) is 0 Å². The zero-order valence-electron chi connectivity index (χ0n) is 18.7. The van der Waals surface area contributed by atoms with Crippen molar-refractivity contribution in [3.05, 3.63) is 89.0 Å². The number of carbonyl (C=O) groups is 1. The van der Waals surface area contributed by atoms with Gasteiger partial charge in [-0.05, 0) is 73.4 Å². The number of nitrogens with one attached hydrogen (secondary N) is 2. The molecule has 1 atom stereocenters. The van der Waals surface area contributed by atoms with Crippen LogP contribution in [0.2, 0.25) is 0 Å². The van der Waals surface area contributed by atoms with Crippen LogP contribution in [-0.4, -0.2) is 21.4 Å². The Labute approximate surface area is 189 Å². The third-order valence-corrected chi connectivity index (χ3v) is 6.70. The first kappa shape index (κ1) is 23.3. The highest BCUT2D eigenvalue weighted by atomic mass is 32.2. The molecule has 3 rings (SSSR count). The molecule has 3 aromatic carbocycles. The molecule has 0 heterocycles. The predicted molar refractivity (Wildman–Crippen MR) is 127 cm³/mol. The van der Waals surface area contributed by atoms with Gasteiger partial charge in [0, 0.05) is 5.56 Å². The predicted octanol–water partition coefficient (Wildman–Crippen LogP) is 4.99. The van der Waals surface area contributed by atoms with E-state index >= 15 is 0 Å². The van der Waals surface area contributed by atoms with Gasteiger partial charge >= 0.3 is 0 Å². The van der Waals surface area contributed by atoms with Crippen LogP contribution in [0.3, 0.4) is 0 Å². The van der Waals surface area contributed by atoms with Crippen LogP contribution in [0, 0.1) is 13.8 Å². The molecule has 2 N–H and O–H groups in total. The Hall–Kier alpha value is -3.32. The van der Waals surface area contributed by atoms with Gasteiger partial charge in [-0.3, -0.25) is 9.52 Å². The Bertz CT molecular complexity index is 1210. The monoisotopic (exact) mass is 452 g/mol. The average Bonchev–Trinajstić information content (AvgIpc) is 2.79. The first-order chi connectivity index (χ1) is 15.2. The molecule has 3 aromatic rings. The number of benzene rings is 3. The van der Waals surface area contributed by atoms with Crippen LogP contribution in [0.25, 0.3) is 0 Å². The van der Waals surface area contributed by atoms with Crippen molar-refractivity contribution in [2.24, 2.45) is 0 Å². The SMILES string of the molecule is CCC(NC(=O)c1ccc(NS(=O)(=O)c2ccccc2)c(C)c1)c1ccc(OC)c(C)c1. The molecule has 0 bridgehead atoms. The minimum Gasteiger partial charge on any atom is -0.496 e. The summed E-state index contributed by atoms with van der Waals surface area (Å²) in [7, 11) is -2.07. The van der Waals surface area contributed by atoms with Crippen molar-refractivity contribution in [3.8, 4) is 5.75 Å². The van der Waals surface area contributed by atoms with Crippen LogP contribution in [0.1, 0.15) is 46.4 Å². The lowest BCUT2D eigenvalue weighted by atomic mass is 10.0. The fourth-order valence-corrected chi connectivity index (χ4v) is 4.66. The number of aryl methyl sites for hydroxylation is 2. The van der Waals surface area contributed by atoms with Crippen LogP contribution < -0.4 is 14.8 Å². The van der Waals surface area contributed by atoms with Gasteiger partial charge in [0.05, 0.1) is 23.7 Å². The summed E-state index contributed by atoms with van der Waals surface area (Å²) < 4.78 is 33.1.